The van der Waals surface area contributed by atoms with E-state index in [9.17, 15) is 9.60 Å². The van der Waals surface area contributed by atoms with Gasteiger partial charge in [0, 0.05) is 10.8 Å². The molecule has 0 saturated carbocycles. The number of para-hydroxylation sites is 1. The number of rotatable bonds is 4. The van der Waals surface area contributed by atoms with Gasteiger partial charge < -0.3 is 4.42 Å². The Kier molecular flexibility index (Phi) is 4.12. The van der Waals surface area contributed by atoms with Crippen molar-refractivity contribution in [1.29, 1.82) is 0 Å². The highest BCUT2D eigenvalue weighted by Gasteiger charge is 2.23. The fourth-order valence-electron chi connectivity index (χ4n) is 7.74. The van der Waals surface area contributed by atoms with Crippen LogP contribution in [0.4, 0.5) is 0 Å². The van der Waals surface area contributed by atoms with E-state index in [1.165, 1.54) is 0 Å². The summed E-state index contributed by atoms with van der Waals surface area (Å²) in [6.45, 7) is 0. The van der Waals surface area contributed by atoms with Crippen LogP contribution in [-0.4, -0.2) is 0 Å². The van der Waals surface area contributed by atoms with Crippen molar-refractivity contribution >= 4 is 65.0 Å². The summed E-state index contributed by atoms with van der Waals surface area (Å²) in [5.41, 5.74) is 2.87. The molecule has 11 aromatic rings. The molecule has 11 rings (SSSR count). The number of furan rings is 1. The summed E-state index contributed by atoms with van der Waals surface area (Å²) in [4.78, 5) is 0. The summed E-state index contributed by atoms with van der Waals surface area (Å²) < 4.78 is 145. The second-order valence-corrected chi connectivity index (χ2v) is 12.8. The maximum absolute atomic E-state index is 9.79. The molecule has 0 spiro atoms. The Labute approximate surface area is 328 Å². The lowest BCUT2D eigenvalue weighted by molar-refractivity contribution is 0.669. The smallest absolute Gasteiger partial charge is 0.136 e. The predicted molar refractivity (Wildman–Crippen MR) is 225 cm³/mol. The molecule has 0 unspecified atom stereocenters. The lowest BCUT2D eigenvalue weighted by Gasteiger charge is -2.22. The van der Waals surface area contributed by atoms with Crippen LogP contribution in [0, 0.1) is 0 Å². The predicted octanol–water partition coefficient (Wildman–Crippen LogP) is 14.9. The van der Waals surface area contributed by atoms with Gasteiger partial charge in [-0.1, -0.05) is 176 Å². The molecule has 246 valence electrons. The van der Waals surface area contributed by atoms with Crippen LogP contribution in [0.15, 0.2) is 198 Å². The van der Waals surface area contributed by atoms with Crippen molar-refractivity contribution in [2.45, 2.75) is 0 Å². The van der Waals surface area contributed by atoms with Gasteiger partial charge in [-0.25, -0.2) is 0 Å². The Bertz CT molecular complexity index is 4020. The molecule has 0 amide bonds. The van der Waals surface area contributed by atoms with E-state index in [2.05, 4.69) is 0 Å². The van der Waals surface area contributed by atoms with Gasteiger partial charge >= 0.3 is 0 Å². The molecule has 0 radical (unpaired) electrons. The molecule has 10 aromatic carbocycles. The highest BCUT2D eigenvalue weighted by atomic mass is 16.3. The van der Waals surface area contributed by atoms with Gasteiger partial charge in [-0.15, -0.1) is 0 Å². The van der Waals surface area contributed by atoms with Gasteiger partial charge in [0.1, 0.15) is 11.2 Å². The quantitative estimate of drug-likeness (QED) is 0.168. The summed E-state index contributed by atoms with van der Waals surface area (Å²) in [6.07, 6.45) is 0. The first-order valence-electron chi connectivity index (χ1n) is 24.5. The zero-order valence-corrected chi connectivity index (χ0v) is 27.7. The third-order valence-corrected chi connectivity index (χ3v) is 9.96. The molecule has 1 heteroatoms. The minimum atomic E-state index is -0.644. The third kappa shape index (κ3) is 4.58. The molecule has 0 fully saturated rings. The van der Waals surface area contributed by atoms with Crippen molar-refractivity contribution in [2.75, 3.05) is 0 Å². The number of fused-ring (bicyclic) bond motifs is 7. The lowest BCUT2D eigenvalue weighted by atomic mass is 9.80. The van der Waals surface area contributed by atoms with E-state index in [1.807, 2.05) is 54.6 Å². The van der Waals surface area contributed by atoms with Crippen molar-refractivity contribution in [1.82, 2.24) is 0 Å². The maximum atomic E-state index is 9.79. The summed E-state index contributed by atoms with van der Waals surface area (Å²) in [6, 6.07) is 21.9. The van der Waals surface area contributed by atoms with Gasteiger partial charge in [-0.05, 0) is 106 Å². The van der Waals surface area contributed by atoms with Gasteiger partial charge in [0.05, 0.1) is 20.6 Å². The van der Waals surface area contributed by atoms with E-state index in [-0.39, 0.29) is 60.1 Å². The minimum Gasteiger partial charge on any atom is -0.456 e. The molecule has 1 aromatic heterocycles. The molecular weight excluding hydrogens is 641 g/mol. The molecule has 0 N–H and O–H groups in total. The van der Waals surface area contributed by atoms with Crippen LogP contribution in [-0.2, 0) is 0 Å². The Morgan fingerprint density at radius 1 is 0.340 bits per heavy atom. The Morgan fingerprint density at radius 3 is 1.74 bits per heavy atom. The van der Waals surface area contributed by atoms with E-state index in [1.54, 1.807) is 48.5 Å². The zero-order chi connectivity index (χ0) is 47.9. The normalized spacial score (nSPS) is 15.7. The first-order chi connectivity index (χ1) is 32.6. The van der Waals surface area contributed by atoms with Crippen molar-refractivity contribution in [3.63, 3.8) is 0 Å². The van der Waals surface area contributed by atoms with Gasteiger partial charge in [-0.3, -0.25) is 0 Å². The SMILES string of the molecule is [2H]c1c([2H])c([2H])c2c([2H])c(-c3ccc4ccccc4c3-c3c4c([2H])c([2H])c([2H])c([2H])c4c(-c4ccccc4-c4cccc5oc6ccccc6c45)c4c([2H])c([2H])c([2H])c([2H])c34)c([2H])c([2H])c2c1[2H]. The van der Waals surface area contributed by atoms with E-state index in [4.69, 9.17) is 15.4 Å². The molecular formula is C52H32O. The molecule has 0 aliphatic rings. The highest BCUT2D eigenvalue weighted by molar-refractivity contribution is 6.26. The standard InChI is InChI=1S/C52H32O/c1-2-16-35-32-36(29-28-33(35)14-1)38-31-30-34-15-3-4-17-37(34)51(38)52-44-22-9-7-20-42(44)49(43-21-8-10-23-45(43)52)40-19-6-5-18-39(40)41-25-13-27-48-50(41)46-24-11-12-26-47(46)53-48/h1-32H/i1D,2D,7D,8D,9D,10D,14D,16D,20D,21D,22D,23D,28D,29D,32D. The topological polar surface area (TPSA) is 13.1 Å². The fourth-order valence-corrected chi connectivity index (χ4v) is 7.74. The maximum Gasteiger partial charge on any atom is 0.136 e. The Hall–Kier alpha value is -6.96. The molecule has 53 heavy (non-hydrogen) atoms. The van der Waals surface area contributed by atoms with Crippen molar-refractivity contribution in [3.8, 4) is 44.5 Å². The number of hydrogen-bond donors (Lipinski definition) is 0. The Morgan fingerprint density at radius 2 is 0.943 bits per heavy atom. The summed E-state index contributed by atoms with van der Waals surface area (Å²) in [7, 11) is 0. The first kappa shape index (κ1) is 18.5. The van der Waals surface area contributed by atoms with Gasteiger partial charge in [0.2, 0.25) is 0 Å². The molecule has 0 saturated heterocycles. The second-order valence-electron chi connectivity index (χ2n) is 12.8. The first-order valence-corrected chi connectivity index (χ1v) is 17.0. The van der Waals surface area contributed by atoms with Crippen molar-refractivity contribution < 1.29 is 25.0 Å². The van der Waals surface area contributed by atoms with Crippen LogP contribution in [0.5, 0.6) is 0 Å². The molecule has 0 aliphatic carbocycles. The highest BCUT2D eigenvalue weighted by Crippen LogP contribution is 2.50. The average molecular weight is 688 g/mol. The van der Waals surface area contributed by atoms with Crippen LogP contribution in [0.2, 0.25) is 0 Å². The van der Waals surface area contributed by atoms with Crippen molar-refractivity contribution in [2.24, 2.45) is 0 Å². The van der Waals surface area contributed by atoms with Crippen LogP contribution in [0.25, 0.3) is 110 Å². The Balaban J connectivity index is 1.40. The molecule has 0 aliphatic heterocycles. The summed E-state index contributed by atoms with van der Waals surface area (Å²) in [5.74, 6) is 0. The number of hydrogen-bond acceptors (Lipinski definition) is 1. The monoisotopic (exact) mass is 687 g/mol. The van der Waals surface area contributed by atoms with E-state index in [0.717, 1.165) is 10.8 Å². The van der Waals surface area contributed by atoms with Crippen LogP contribution in [0.1, 0.15) is 20.6 Å². The van der Waals surface area contributed by atoms with Crippen LogP contribution < -0.4 is 0 Å². The molecule has 0 atom stereocenters. The second kappa shape index (κ2) is 11.8. The molecule has 1 nitrogen and oxygen atoms in total. The zero-order valence-electron chi connectivity index (χ0n) is 42.7. The van der Waals surface area contributed by atoms with Crippen LogP contribution in [0.3, 0.4) is 0 Å². The van der Waals surface area contributed by atoms with Crippen molar-refractivity contribution in [3.05, 3.63) is 194 Å². The molecule has 0 bridgehead atoms. The minimum absolute atomic E-state index is 0.0506. The third-order valence-electron chi connectivity index (χ3n) is 9.96. The lowest BCUT2D eigenvalue weighted by Crippen LogP contribution is -1.95. The average Bonchev–Trinajstić information content (AvgIpc) is 3.74. The van der Waals surface area contributed by atoms with E-state index >= 15 is 0 Å². The van der Waals surface area contributed by atoms with Gasteiger partial charge in [0.15, 0.2) is 0 Å². The largest absolute Gasteiger partial charge is 0.456 e. The van der Waals surface area contributed by atoms with E-state index in [0.29, 0.717) is 38.6 Å². The fraction of sp³-hybridized carbons (Fsp3) is 0. The van der Waals surface area contributed by atoms with Crippen LogP contribution >= 0.6 is 0 Å². The van der Waals surface area contributed by atoms with E-state index < -0.39 is 90.6 Å². The van der Waals surface area contributed by atoms with Gasteiger partial charge in [-0.2, -0.15) is 0 Å². The number of benzene rings is 10. The molecule has 1 heterocycles. The summed E-state index contributed by atoms with van der Waals surface area (Å²) >= 11 is 0. The summed E-state index contributed by atoms with van der Waals surface area (Å²) in [5, 5.41) is 1.56. The van der Waals surface area contributed by atoms with Gasteiger partial charge in [0.25, 0.3) is 0 Å².